The molecule has 1 aromatic carbocycles. The van der Waals surface area contributed by atoms with E-state index in [9.17, 15) is 4.79 Å². The van der Waals surface area contributed by atoms with Crippen LogP contribution in [-0.2, 0) is 6.54 Å². The monoisotopic (exact) mass is 293 g/mol. The summed E-state index contributed by atoms with van der Waals surface area (Å²) in [5.74, 6) is 0.701. The van der Waals surface area contributed by atoms with Gasteiger partial charge in [0.25, 0.3) is 0 Å². The molecule has 0 unspecified atom stereocenters. The molecule has 0 fully saturated rings. The smallest absolute Gasteiger partial charge is 0.319 e. The molecule has 3 rings (SSSR count). The van der Waals surface area contributed by atoms with Gasteiger partial charge in [-0.3, -0.25) is 0 Å². The number of pyridine rings is 1. The fraction of sp³-hybridized carbons (Fsp3) is 0.0625. The lowest BCUT2D eigenvalue weighted by molar-refractivity contribution is 0.251. The molecule has 6 nitrogen and oxygen atoms in total. The molecular formula is C16H15N5O. The number of nitrogens with zero attached hydrogens (tertiary/aromatic N) is 3. The summed E-state index contributed by atoms with van der Waals surface area (Å²) in [5, 5.41) is 9.76. The van der Waals surface area contributed by atoms with Gasteiger partial charge >= 0.3 is 6.03 Å². The zero-order chi connectivity index (χ0) is 15.2. The molecule has 2 aromatic heterocycles. The minimum absolute atomic E-state index is 0.263. The Balaban J connectivity index is 1.66. The Morgan fingerprint density at radius 3 is 2.68 bits per heavy atom. The van der Waals surface area contributed by atoms with E-state index in [4.69, 9.17) is 0 Å². The van der Waals surface area contributed by atoms with Gasteiger partial charge in [-0.1, -0.05) is 24.3 Å². The molecule has 3 aromatic rings. The molecule has 0 saturated heterocycles. The number of aromatic nitrogens is 3. The van der Waals surface area contributed by atoms with Gasteiger partial charge in [-0.2, -0.15) is 5.10 Å². The first-order valence-electron chi connectivity index (χ1n) is 6.87. The Morgan fingerprint density at radius 1 is 1.05 bits per heavy atom. The van der Waals surface area contributed by atoms with Crippen LogP contribution in [0.15, 0.2) is 67.1 Å². The van der Waals surface area contributed by atoms with Crippen LogP contribution in [0.2, 0.25) is 0 Å². The van der Waals surface area contributed by atoms with Crippen molar-refractivity contribution in [3.05, 3.63) is 72.7 Å². The number of rotatable bonds is 4. The highest BCUT2D eigenvalue weighted by Gasteiger charge is 2.07. The van der Waals surface area contributed by atoms with Gasteiger partial charge in [0.15, 0.2) is 5.82 Å². The van der Waals surface area contributed by atoms with Crippen molar-refractivity contribution >= 4 is 11.7 Å². The molecule has 0 radical (unpaired) electrons. The Labute approximate surface area is 127 Å². The lowest BCUT2D eigenvalue weighted by Gasteiger charge is -2.10. The number of anilines is 1. The number of benzene rings is 1. The first-order chi connectivity index (χ1) is 10.8. The van der Waals surface area contributed by atoms with Crippen LogP contribution in [-0.4, -0.2) is 20.8 Å². The van der Waals surface area contributed by atoms with Crippen molar-refractivity contribution in [1.82, 2.24) is 20.1 Å². The first-order valence-corrected chi connectivity index (χ1v) is 6.87. The summed E-state index contributed by atoms with van der Waals surface area (Å²) < 4.78 is 1.67. The fourth-order valence-corrected chi connectivity index (χ4v) is 2.04. The van der Waals surface area contributed by atoms with E-state index in [1.54, 1.807) is 17.1 Å². The molecule has 0 saturated carbocycles. The van der Waals surface area contributed by atoms with E-state index in [0.717, 1.165) is 11.3 Å². The Kier molecular flexibility index (Phi) is 4.10. The number of para-hydroxylation sites is 1. The van der Waals surface area contributed by atoms with Crippen LogP contribution < -0.4 is 10.6 Å². The van der Waals surface area contributed by atoms with Crippen molar-refractivity contribution in [3.63, 3.8) is 0 Å². The quantitative estimate of drug-likeness (QED) is 0.776. The van der Waals surface area contributed by atoms with Crippen molar-refractivity contribution in [2.24, 2.45) is 0 Å². The highest BCUT2D eigenvalue weighted by molar-refractivity contribution is 5.89. The van der Waals surface area contributed by atoms with Crippen LogP contribution in [0.4, 0.5) is 10.5 Å². The van der Waals surface area contributed by atoms with Crippen LogP contribution in [0, 0.1) is 0 Å². The largest absolute Gasteiger partial charge is 0.334 e. The molecular weight excluding hydrogens is 278 g/mol. The van der Waals surface area contributed by atoms with Crippen LogP contribution in [0.3, 0.4) is 0 Å². The highest BCUT2D eigenvalue weighted by atomic mass is 16.2. The number of hydrogen-bond donors (Lipinski definition) is 2. The second-order valence-electron chi connectivity index (χ2n) is 4.61. The summed E-state index contributed by atoms with van der Waals surface area (Å²) in [7, 11) is 0. The van der Waals surface area contributed by atoms with Gasteiger partial charge in [-0.15, -0.1) is 0 Å². The second-order valence-corrected chi connectivity index (χ2v) is 4.61. The van der Waals surface area contributed by atoms with Crippen molar-refractivity contribution in [2.45, 2.75) is 6.54 Å². The Bertz CT molecular complexity index is 740. The first kappa shape index (κ1) is 13.8. The third-order valence-corrected chi connectivity index (χ3v) is 3.06. The Hall–Kier alpha value is -3.15. The van der Waals surface area contributed by atoms with Crippen molar-refractivity contribution in [1.29, 1.82) is 0 Å². The lowest BCUT2D eigenvalue weighted by atomic mass is 10.2. The number of amides is 2. The van der Waals surface area contributed by atoms with E-state index in [0.29, 0.717) is 12.4 Å². The number of hydrogen-bond acceptors (Lipinski definition) is 3. The molecule has 0 aliphatic rings. The van der Waals surface area contributed by atoms with Crippen molar-refractivity contribution in [3.8, 4) is 5.82 Å². The van der Waals surface area contributed by atoms with E-state index in [1.807, 2.05) is 54.7 Å². The maximum Gasteiger partial charge on any atom is 0.319 e. The molecule has 6 heteroatoms. The van der Waals surface area contributed by atoms with Gasteiger partial charge in [0.1, 0.15) is 0 Å². The van der Waals surface area contributed by atoms with Gasteiger partial charge in [0.2, 0.25) is 0 Å². The summed E-state index contributed by atoms with van der Waals surface area (Å²) in [6, 6.07) is 14.6. The molecule has 22 heavy (non-hydrogen) atoms. The third kappa shape index (κ3) is 3.29. The average molecular weight is 293 g/mol. The van der Waals surface area contributed by atoms with Crippen molar-refractivity contribution < 1.29 is 4.79 Å². The predicted molar refractivity (Wildman–Crippen MR) is 83.7 cm³/mol. The summed E-state index contributed by atoms with van der Waals surface area (Å²) in [6.07, 6.45) is 5.20. The number of carbonyl (C=O) groups is 1. The summed E-state index contributed by atoms with van der Waals surface area (Å²) >= 11 is 0. The SMILES string of the molecule is O=C(NCc1cccnc1-n1cccn1)Nc1ccccc1. The molecule has 0 aliphatic carbocycles. The predicted octanol–water partition coefficient (Wildman–Crippen LogP) is 2.59. The van der Waals surface area contributed by atoms with Crippen LogP contribution >= 0.6 is 0 Å². The average Bonchev–Trinajstić information content (AvgIpc) is 3.08. The van der Waals surface area contributed by atoms with Gasteiger partial charge in [-0.05, 0) is 24.3 Å². The van der Waals surface area contributed by atoms with Gasteiger partial charge < -0.3 is 10.6 Å². The van der Waals surface area contributed by atoms with E-state index in [1.165, 1.54) is 0 Å². The summed E-state index contributed by atoms with van der Waals surface area (Å²) in [4.78, 5) is 16.2. The summed E-state index contributed by atoms with van der Waals surface area (Å²) in [5.41, 5.74) is 1.63. The topological polar surface area (TPSA) is 71.8 Å². The normalized spacial score (nSPS) is 10.2. The van der Waals surface area contributed by atoms with E-state index >= 15 is 0 Å². The molecule has 2 amide bonds. The number of nitrogens with one attached hydrogen (secondary N) is 2. The maximum absolute atomic E-state index is 11.9. The molecule has 2 heterocycles. The third-order valence-electron chi connectivity index (χ3n) is 3.06. The molecule has 0 atom stereocenters. The number of carbonyl (C=O) groups excluding carboxylic acids is 1. The van der Waals surface area contributed by atoms with Gasteiger partial charge in [-0.25, -0.2) is 14.5 Å². The zero-order valence-corrected chi connectivity index (χ0v) is 11.8. The van der Waals surface area contributed by atoms with E-state index in [2.05, 4.69) is 20.7 Å². The zero-order valence-electron chi connectivity index (χ0n) is 11.8. The molecule has 0 bridgehead atoms. The van der Waals surface area contributed by atoms with Gasteiger partial charge in [0, 0.05) is 36.4 Å². The Morgan fingerprint density at radius 2 is 1.91 bits per heavy atom. The summed E-state index contributed by atoms with van der Waals surface area (Å²) in [6.45, 7) is 0.363. The standard InChI is InChI=1S/C16H15N5O/c22-16(20-14-7-2-1-3-8-14)18-12-13-6-4-9-17-15(13)21-11-5-10-19-21/h1-11H,12H2,(H2,18,20,22). The minimum atomic E-state index is -0.263. The van der Waals surface area contributed by atoms with Crippen LogP contribution in [0.25, 0.3) is 5.82 Å². The highest BCUT2D eigenvalue weighted by Crippen LogP contribution is 2.10. The van der Waals surface area contributed by atoms with Gasteiger partial charge in [0.05, 0.1) is 0 Å². The molecule has 110 valence electrons. The lowest BCUT2D eigenvalue weighted by Crippen LogP contribution is -2.28. The number of urea groups is 1. The molecule has 0 aliphatic heterocycles. The fourth-order valence-electron chi connectivity index (χ4n) is 2.04. The van der Waals surface area contributed by atoms with Crippen LogP contribution in [0.5, 0.6) is 0 Å². The minimum Gasteiger partial charge on any atom is -0.334 e. The molecule has 2 N–H and O–H groups in total. The van der Waals surface area contributed by atoms with E-state index < -0.39 is 0 Å². The van der Waals surface area contributed by atoms with Crippen molar-refractivity contribution in [2.75, 3.05) is 5.32 Å². The molecule has 0 spiro atoms. The van der Waals surface area contributed by atoms with Crippen LogP contribution in [0.1, 0.15) is 5.56 Å². The maximum atomic E-state index is 11.9. The van der Waals surface area contributed by atoms with E-state index in [-0.39, 0.29) is 6.03 Å². The second kappa shape index (κ2) is 6.53.